The van der Waals surface area contributed by atoms with Crippen LogP contribution in [0.5, 0.6) is 0 Å². The minimum absolute atomic E-state index is 0.0166. The minimum Gasteiger partial charge on any atom is -0.380 e. The zero-order chi connectivity index (χ0) is 51.6. The molecule has 4 aliphatic heterocycles. The second kappa shape index (κ2) is 15.7. The van der Waals surface area contributed by atoms with E-state index in [1.165, 1.54) is 160 Å². The molecule has 0 radical (unpaired) electrons. The maximum atomic E-state index is 17.4. The first-order chi connectivity index (χ1) is 38.0. The summed E-state index contributed by atoms with van der Waals surface area (Å²) in [5.41, 5.74) is 29.1. The fourth-order valence-corrected chi connectivity index (χ4v) is 23.6. The van der Waals surface area contributed by atoms with Crippen LogP contribution in [-0.4, -0.2) is 27.1 Å². The van der Waals surface area contributed by atoms with E-state index in [1.54, 1.807) is 55.7 Å². The molecule has 5 fully saturated rings. The Bertz CT molecular complexity index is 3770. The first-order valence-electron chi connectivity index (χ1n) is 32.3. The molecule has 0 N–H and O–H groups in total. The summed E-state index contributed by atoms with van der Waals surface area (Å²) in [7, 11) is 0. The lowest BCUT2D eigenvalue weighted by molar-refractivity contribution is 0.164. The molecule has 0 amide bonds. The molecule has 396 valence electrons. The Balaban J connectivity index is 1.06. The van der Waals surface area contributed by atoms with E-state index in [1.807, 2.05) is 0 Å². The van der Waals surface area contributed by atoms with Gasteiger partial charge in [0.15, 0.2) is 0 Å². The Morgan fingerprint density at radius 1 is 0.410 bits per heavy atom. The molecule has 3 aromatic heterocycles. The van der Waals surface area contributed by atoms with E-state index >= 15 is 4.79 Å². The van der Waals surface area contributed by atoms with Crippen LogP contribution in [0.3, 0.4) is 0 Å². The molecule has 3 aromatic carbocycles. The Hall–Kier alpha value is -5.10. The van der Waals surface area contributed by atoms with Crippen LogP contribution in [-0.2, 0) is 0 Å². The summed E-state index contributed by atoms with van der Waals surface area (Å²) in [6.07, 6.45) is 21.8. The third-order valence-corrected chi connectivity index (χ3v) is 25.0. The second-order valence-electron chi connectivity index (χ2n) is 30.2. The second-order valence-corrected chi connectivity index (χ2v) is 30.2. The van der Waals surface area contributed by atoms with Crippen LogP contribution in [0.25, 0.3) is 28.1 Å². The van der Waals surface area contributed by atoms with Crippen molar-refractivity contribution >= 4 is 69.4 Å². The summed E-state index contributed by atoms with van der Waals surface area (Å²) < 4.78 is 7.98. The normalized spacial score (nSPS) is 36.8. The van der Waals surface area contributed by atoms with Crippen molar-refractivity contribution in [2.75, 3.05) is 9.62 Å². The van der Waals surface area contributed by atoms with Gasteiger partial charge >= 0.3 is 19.4 Å². The lowest BCUT2D eigenvalue weighted by Gasteiger charge is -2.51. The van der Waals surface area contributed by atoms with Gasteiger partial charge < -0.3 is 9.62 Å². The molecule has 20 rings (SSSR count). The number of nitrogens with zero attached hydrogens (tertiary/aromatic N) is 5. The van der Waals surface area contributed by atoms with Crippen molar-refractivity contribution in [2.24, 2.45) is 71.0 Å². The van der Waals surface area contributed by atoms with Gasteiger partial charge in [0.1, 0.15) is 11.3 Å². The van der Waals surface area contributed by atoms with E-state index in [9.17, 15) is 0 Å². The Labute approximate surface area is 463 Å². The highest BCUT2D eigenvalue weighted by atomic mass is 16.1. The monoisotopic (exact) mass is 1030 g/mol. The number of benzene rings is 3. The first kappa shape index (κ1) is 45.6. The lowest BCUT2D eigenvalue weighted by atomic mass is 9.37. The maximum absolute atomic E-state index is 17.4. The molecule has 0 spiro atoms. The van der Waals surface area contributed by atoms with Crippen LogP contribution in [0.4, 0.5) is 11.4 Å². The molecular formula is C70H79B2N5O. The summed E-state index contributed by atoms with van der Waals surface area (Å²) in [5, 5.41) is 0. The van der Waals surface area contributed by atoms with Crippen LogP contribution >= 0.6 is 0 Å². The Morgan fingerprint density at radius 3 is 1.33 bits per heavy atom. The summed E-state index contributed by atoms with van der Waals surface area (Å²) >= 11 is 0. The van der Waals surface area contributed by atoms with E-state index in [-0.39, 0.29) is 19.4 Å². The largest absolute Gasteiger partial charge is 0.380 e. The number of hydrogen-bond donors (Lipinski definition) is 0. The van der Waals surface area contributed by atoms with Gasteiger partial charge in [-0.25, -0.2) is 4.79 Å². The highest BCUT2D eigenvalue weighted by molar-refractivity contribution is 6.97. The molecule has 8 heteroatoms. The van der Waals surface area contributed by atoms with Crippen molar-refractivity contribution in [1.29, 1.82) is 0 Å². The first-order valence-corrected chi connectivity index (χ1v) is 32.3. The molecule has 0 saturated heterocycles. The van der Waals surface area contributed by atoms with Crippen molar-refractivity contribution in [3.8, 4) is 5.69 Å². The molecule has 7 heterocycles. The smallest absolute Gasteiger partial charge is 0.340 e. The van der Waals surface area contributed by atoms with Crippen LogP contribution < -0.4 is 37.2 Å². The minimum atomic E-state index is -0.0353. The van der Waals surface area contributed by atoms with E-state index in [4.69, 9.17) is 0 Å². The SMILES string of the molecule is CC1CC2CC(C)C3=C(c4cc5c6c7c4B(c4c8c(n9c(=O)n%10c%11c(c(c%10n-7c49)B6N(c4ccccc4)C4=C5C5CC(C)CC(CC4C)C5)C4CC5CC(C4)CC%11C5)C4CC(C)CC(CC8C)C4)N3c3ccccc3)C(C1)C2. The number of rotatable bonds is 2. The van der Waals surface area contributed by atoms with Crippen LogP contribution in [0.2, 0.25) is 0 Å². The predicted molar refractivity (Wildman–Crippen MR) is 321 cm³/mol. The topological polar surface area (TPSA) is 37.3 Å². The number of aromatic nitrogens is 3. The van der Waals surface area contributed by atoms with Gasteiger partial charge in [-0.15, -0.1) is 0 Å². The Kier molecular flexibility index (Phi) is 9.16. The van der Waals surface area contributed by atoms with E-state index in [2.05, 4.69) is 131 Å². The van der Waals surface area contributed by atoms with Crippen molar-refractivity contribution < 1.29 is 0 Å². The summed E-state index contributed by atoms with van der Waals surface area (Å²) in [4.78, 5) is 23.4. The van der Waals surface area contributed by atoms with Gasteiger partial charge in [0.25, 0.3) is 0 Å². The van der Waals surface area contributed by atoms with Crippen molar-refractivity contribution in [1.82, 2.24) is 13.4 Å². The van der Waals surface area contributed by atoms with E-state index < -0.39 is 0 Å². The van der Waals surface area contributed by atoms with Gasteiger partial charge in [-0.2, -0.15) is 0 Å². The van der Waals surface area contributed by atoms with Crippen LogP contribution in [0.1, 0.15) is 208 Å². The molecule has 14 aliphatic rings. The summed E-state index contributed by atoms with van der Waals surface area (Å²) in [5.74, 6) is 9.27. The van der Waals surface area contributed by atoms with Gasteiger partial charge in [0, 0.05) is 51.7 Å². The molecule has 14 unspecified atom stereocenters. The van der Waals surface area contributed by atoms with Gasteiger partial charge in [0.05, 0.1) is 0 Å². The molecule has 10 bridgehead atoms. The molecule has 10 aliphatic carbocycles. The summed E-state index contributed by atoms with van der Waals surface area (Å²) in [6, 6.07) is 26.7. The quantitative estimate of drug-likeness (QED) is 0.162. The average Bonchev–Trinajstić information content (AvgIpc) is 1.74. The number of hydrogen-bond acceptors (Lipinski definition) is 3. The van der Waals surface area contributed by atoms with E-state index in [0.717, 1.165) is 23.7 Å². The lowest BCUT2D eigenvalue weighted by Crippen LogP contribution is -2.70. The molecule has 6 aromatic rings. The molecule has 6 nitrogen and oxygen atoms in total. The number of allylic oxidation sites excluding steroid dienone is 4. The number of para-hydroxylation sites is 2. The Morgan fingerprint density at radius 2 is 0.821 bits per heavy atom. The number of anilines is 2. The van der Waals surface area contributed by atoms with E-state index in [0.29, 0.717) is 71.0 Å². The van der Waals surface area contributed by atoms with Crippen LogP contribution in [0.15, 0.2) is 82.9 Å². The molecule has 14 atom stereocenters. The average molecular weight is 1030 g/mol. The van der Waals surface area contributed by atoms with Crippen molar-refractivity contribution in [3.63, 3.8) is 0 Å². The van der Waals surface area contributed by atoms with Gasteiger partial charge in [-0.1, -0.05) is 77.9 Å². The highest BCUT2D eigenvalue weighted by Gasteiger charge is 2.60. The zero-order valence-electron chi connectivity index (χ0n) is 47.4. The molecule has 5 saturated carbocycles. The van der Waals surface area contributed by atoms with Crippen molar-refractivity contribution in [3.05, 3.63) is 122 Å². The van der Waals surface area contributed by atoms with Gasteiger partial charge in [-0.3, -0.25) is 13.4 Å². The predicted octanol–water partition coefficient (Wildman–Crippen LogP) is 13.2. The third-order valence-electron chi connectivity index (χ3n) is 25.0. The fraction of sp³-hybridized carbons (Fsp3) is 0.557. The molecular weight excluding hydrogens is 948 g/mol. The maximum Gasteiger partial charge on any atom is 0.340 e. The van der Waals surface area contributed by atoms with Gasteiger partial charge in [-0.05, 0) is 278 Å². The summed E-state index contributed by atoms with van der Waals surface area (Å²) in [6.45, 7) is 15.6. The van der Waals surface area contributed by atoms with Crippen molar-refractivity contribution in [2.45, 2.75) is 174 Å². The number of fused-ring (bicyclic) bond motifs is 16. The van der Waals surface area contributed by atoms with Gasteiger partial charge in [0.2, 0.25) is 0 Å². The zero-order valence-corrected chi connectivity index (χ0v) is 47.4. The molecule has 78 heavy (non-hydrogen) atoms. The standard InChI is InChI=1S/C70H79B2N5O/c1-35-17-42-24-39(5)63-56(46(20-35)27-42)53-34-54-57-47-21-36(2)18-43(28-47)25-40(6)64(57)77(52-15-11-8-12-16-52)72-60(54)67-59(53)71(76(63)51-13-9-7-10-14-51)61-55-38(4)23-41-19-37(3)22-49(31-41)65(55)74-68(61)73(67)69-62(72)58-48-29-44-26-45(30-48)33-50(32-44)66(58)75(69)70(74)78/h7-16,34-50H,17-33H2,1-6H3. The fourth-order valence-electron chi connectivity index (χ4n) is 23.6. The third kappa shape index (κ3) is 5.68. The van der Waals surface area contributed by atoms with Crippen LogP contribution in [0, 0.1) is 71.0 Å². The highest BCUT2D eigenvalue weighted by Crippen LogP contribution is 2.61.